The topological polar surface area (TPSA) is 40.5 Å². The molecule has 2 heteroatoms. The molecule has 0 aliphatic heterocycles. The third-order valence-corrected chi connectivity index (χ3v) is 8.48. The van der Waals surface area contributed by atoms with Crippen LogP contribution in [0.25, 0.3) is 0 Å². The van der Waals surface area contributed by atoms with Crippen LogP contribution in [0.15, 0.2) is 82.5 Å². The molecular weight excluding hydrogens is 512 g/mol. The van der Waals surface area contributed by atoms with E-state index in [0.29, 0.717) is 11.8 Å². The third-order valence-electron chi connectivity index (χ3n) is 8.48. The molecule has 2 aliphatic rings. The van der Waals surface area contributed by atoms with Gasteiger partial charge in [0.25, 0.3) is 0 Å². The van der Waals surface area contributed by atoms with E-state index >= 15 is 0 Å². The van der Waals surface area contributed by atoms with Gasteiger partial charge in [0.2, 0.25) is 0 Å². The van der Waals surface area contributed by atoms with Crippen LogP contribution in [-0.4, -0.2) is 22.4 Å². The van der Waals surface area contributed by atoms with Gasteiger partial charge in [-0.15, -0.1) is 0 Å². The van der Waals surface area contributed by atoms with E-state index in [1.54, 1.807) is 0 Å². The molecule has 2 rings (SSSR count). The Kier molecular flexibility index (Phi) is 13.6. The molecule has 0 aromatic heterocycles. The first-order valence-electron chi connectivity index (χ1n) is 15.7. The molecule has 0 saturated heterocycles. The van der Waals surface area contributed by atoms with Gasteiger partial charge in [-0.3, -0.25) is 0 Å². The van der Waals surface area contributed by atoms with Crippen LogP contribution in [0.3, 0.4) is 0 Å². The summed E-state index contributed by atoms with van der Waals surface area (Å²) in [5.41, 5.74) is 5.85. The highest BCUT2D eigenvalue weighted by atomic mass is 16.3. The lowest BCUT2D eigenvalue weighted by Gasteiger charge is -2.42. The number of allylic oxidation sites excluding steroid dienone is 13. The van der Waals surface area contributed by atoms with Gasteiger partial charge in [0.15, 0.2) is 0 Å². The Balaban J connectivity index is 1.86. The molecule has 1 unspecified atom stereocenters. The average Bonchev–Trinajstić information content (AvgIpc) is 2.84. The van der Waals surface area contributed by atoms with E-state index in [4.69, 9.17) is 0 Å². The lowest BCUT2D eigenvalue weighted by molar-refractivity contribution is 0.0113. The van der Waals surface area contributed by atoms with Crippen molar-refractivity contribution in [2.45, 2.75) is 114 Å². The van der Waals surface area contributed by atoms with Crippen LogP contribution in [0, 0.1) is 52.3 Å². The minimum absolute atomic E-state index is 0.0392. The van der Waals surface area contributed by atoms with Gasteiger partial charge in [0, 0.05) is 22.8 Å². The summed E-state index contributed by atoms with van der Waals surface area (Å²) in [4.78, 5) is 0. The molecule has 0 bridgehead atoms. The molecule has 42 heavy (non-hydrogen) atoms. The molecule has 0 heterocycles. The lowest BCUT2D eigenvalue weighted by atomic mass is 9.63. The van der Waals surface area contributed by atoms with Crippen molar-refractivity contribution in [3.8, 4) is 23.7 Å². The summed E-state index contributed by atoms with van der Waals surface area (Å²) in [5.74, 6) is 14.7. The lowest BCUT2D eigenvalue weighted by Crippen LogP contribution is -2.39. The Morgan fingerprint density at radius 1 is 0.929 bits per heavy atom. The van der Waals surface area contributed by atoms with Crippen LogP contribution in [0.4, 0.5) is 0 Å². The molecule has 228 valence electrons. The second-order valence-electron chi connectivity index (χ2n) is 14.1. The van der Waals surface area contributed by atoms with E-state index in [1.807, 2.05) is 0 Å². The molecule has 2 N–H and O–H groups in total. The van der Waals surface area contributed by atoms with Gasteiger partial charge < -0.3 is 10.2 Å². The molecule has 1 fully saturated rings. The summed E-state index contributed by atoms with van der Waals surface area (Å²) in [6.45, 7) is 21.6. The molecule has 0 amide bonds. The van der Waals surface area contributed by atoms with E-state index in [1.165, 1.54) is 22.3 Å². The Morgan fingerprint density at radius 3 is 2.19 bits per heavy atom. The Labute approximate surface area is 258 Å². The number of rotatable bonds is 7. The Morgan fingerprint density at radius 2 is 1.57 bits per heavy atom. The Hall–Kier alpha value is -2.78. The van der Waals surface area contributed by atoms with Crippen LogP contribution in [-0.2, 0) is 0 Å². The van der Waals surface area contributed by atoms with Crippen LogP contribution in [0.5, 0.6) is 0 Å². The normalized spacial score (nSPS) is 27.7. The quantitative estimate of drug-likeness (QED) is 0.237. The van der Waals surface area contributed by atoms with E-state index in [0.717, 1.165) is 37.7 Å². The van der Waals surface area contributed by atoms with Crippen molar-refractivity contribution in [2.24, 2.45) is 28.6 Å². The maximum absolute atomic E-state index is 10.1. The van der Waals surface area contributed by atoms with Crippen molar-refractivity contribution in [1.29, 1.82) is 0 Å². The fraction of sp³-hybridized carbons (Fsp3) is 0.550. The molecule has 0 spiro atoms. The fourth-order valence-electron chi connectivity index (χ4n) is 6.38. The predicted octanol–water partition coefficient (Wildman–Crippen LogP) is 9.46. The monoisotopic (exact) mass is 568 g/mol. The summed E-state index contributed by atoms with van der Waals surface area (Å²) in [7, 11) is 0. The van der Waals surface area contributed by atoms with Crippen molar-refractivity contribution in [3.63, 3.8) is 0 Å². The summed E-state index contributed by atoms with van der Waals surface area (Å²) in [5, 5.41) is 20.2. The average molecular weight is 569 g/mol. The first-order valence-corrected chi connectivity index (χ1v) is 15.7. The van der Waals surface area contributed by atoms with Crippen LogP contribution < -0.4 is 0 Å². The maximum Gasteiger partial charge on any atom is 0.0586 e. The molecule has 0 aromatic rings. The maximum atomic E-state index is 10.1. The van der Waals surface area contributed by atoms with Gasteiger partial charge in [-0.1, -0.05) is 137 Å². The molecular formula is C40H56O2. The SMILES string of the molecule is CC1=C(C#CC(C)C/C=C/C(C)=C/C=C/C=C(C)/C=C/C=C(\C)C#C[C@H]2[C@H](C)C[C@@H](O)CC2(C)C)C(C)(C)C[C@H](O)C1. The van der Waals surface area contributed by atoms with Gasteiger partial charge in [0.05, 0.1) is 12.2 Å². The standard InChI is InChI=1S/C40H56O2/c1-29(17-13-19-31(3)21-23-37-33(5)25-35(41)27-39(37,7)8)15-11-12-16-30(2)18-14-20-32(4)22-24-38-34(6)26-36(42)28-40(38,9)10/h11-19,32-33,35-37,41-42H,20,25-28H2,1-10H3/b12-11+,17-13+,18-14+,29-15+,30-16+,31-19+/t32?,33-,35-,36-,37+/m1/s1. The highest BCUT2D eigenvalue weighted by Gasteiger charge is 2.39. The number of aliphatic hydroxyl groups is 2. The van der Waals surface area contributed by atoms with E-state index in [2.05, 4.69) is 148 Å². The second kappa shape index (κ2) is 16.2. The minimum Gasteiger partial charge on any atom is -0.393 e. The van der Waals surface area contributed by atoms with Gasteiger partial charge in [-0.05, 0) is 76.7 Å². The first-order chi connectivity index (χ1) is 19.6. The van der Waals surface area contributed by atoms with E-state index in [9.17, 15) is 10.2 Å². The van der Waals surface area contributed by atoms with Gasteiger partial charge in [-0.2, -0.15) is 0 Å². The largest absolute Gasteiger partial charge is 0.393 e. The summed E-state index contributed by atoms with van der Waals surface area (Å²) >= 11 is 0. The molecule has 0 radical (unpaired) electrons. The third kappa shape index (κ3) is 11.8. The zero-order valence-corrected chi connectivity index (χ0v) is 28.0. The van der Waals surface area contributed by atoms with Crippen molar-refractivity contribution >= 4 is 0 Å². The van der Waals surface area contributed by atoms with Gasteiger partial charge in [0.1, 0.15) is 0 Å². The molecule has 5 atom stereocenters. The van der Waals surface area contributed by atoms with E-state index in [-0.39, 0.29) is 29.0 Å². The fourth-order valence-corrected chi connectivity index (χ4v) is 6.38. The molecule has 0 aromatic carbocycles. The van der Waals surface area contributed by atoms with Gasteiger partial charge >= 0.3 is 0 Å². The second-order valence-corrected chi connectivity index (χ2v) is 14.1. The van der Waals surface area contributed by atoms with Crippen LogP contribution in [0.2, 0.25) is 0 Å². The van der Waals surface area contributed by atoms with Crippen molar-refractivity contribution in [2.75, 3.05) is 0 Å². The molecule has 2 nitrogen and oxygen atoms in total. The summed E-state index contributed by atoms with van der Waals surface area (Å²) < 4.78 is 0. The van der Waals surface area contributed by atoms with E-state index < -0.39 is 0 Å². The van der Waals surface area contributed by atoms with Crippen LogP contribution >= 0.6 is 0 Å². The highest BCUT2D eigenvalue weighted by molar-refractivity contribution is 5.40. The summed E-state index contributed by atoms with van der Waals surface area (Å²) in [6.07, 6.45) is 22.6. The highest BCUT2D eigenvalue weighted by Crippen LogP contribution is 2.43. The van der Waals surface area contributed by atoms with Crippen LogP contribution in [0.1, 0.15) is 101 Å². The zero-order valence-electron chi connectivity index (χ0n) is 28.0. The van der Waals surface area contributed by atoms with Crippen molar-refractivity contribution in [1.82, 2.24) is 0 Å². The smallest absolute Gasteiger partial charge is 0.0586 e. The molecule has 2 aliphatic carbocycles. The predicted molar refractivity (Wildman–Crippen MR) is 181 cm³/mol. The number of hydrogen-bond acceptors (Lipinski definition) is 2. The minimum atomic E-state index is -0.247. The number of aliphatic hydroxyl groups excluding tert-OH is 2. The zero-order chi connectivity index (χ0) is 31.5. The summed E-state index contributed by atoms with van der Waals surface area (Å²) in [6, 6.07) is 0. The van der Waals surface area contributed by atoms with Gasteiger partial charge in [-0.25, -0.2) is 0 Å². The molecule has 1 saturated carbocycles. The number of hydrogen-bond donors (Lipinski definition) is 2. The van der Waals surface area contributed by atoms with Crippen molar-refractivity contribution in [3.05, 3.63) is 82.5 Å². The Bertz CT molecular complexity index is 1270. The first kappa shape index (κ1) is 35.4. The van der Waals surface area contributed by atoms with Crippen molar-refractivity contribution < 1.29 is 10.2 Å².